The lowest BCUT2D eigenvalue weighted by atomic mass is 10.1. The summed E-state index contributed by atoms with van der Waals surface area (Å²) in [5.74, 6) is 1.65. The average Bonchev–Trinajstić information content (AvgIpc) is 3.04. The lowest BCUT2D eigenvalue weighted by molar-refractivity contribution is 0.0295. The normalized spacial score (nSPS) is 17.0. The molecule has 0 aromatic heterocycles. The molecule has 1 aliphatic carbocycles. The second-order valence-corrected chi connectivity index (χ2v) is 5.95. The topological polar surface area (TPSA) is 30.5 Å². The van der Waals surface area contributed by atoms with Crippen LogP contribution in [0.15, 0.2) is 24.3 Å². The van der Waals surface area contributed by atoms with Crippen LogP contribution in [0.3, 0.4) is 0 Å². The Morgan fingerprint density at radius 3 is 2.81 bits per heavy atom. The van der Waals surface area contributed by atoms with E-state index >= 15 is 0 Å². The Balaban J connectivity index is 1.95. The Kier molecular flexibility index (Phi) is 7.04. The van der Waals surface area contributed by atoms with E-state index in [1.165, 1.54) is 31.2 Å². The van der Waals surface area contributed by atoms with Crippen molar-refractivity contribution in [3.63, 3.8) is 0 Å². The molecule has 1 aromatic rings. The van der Waals surface area contributed by atoms with Crippen LogP contribution in [0.2, 0.25) is 0 Å². The second kappa shape index (κ2) is 9.06. The summed E-state index contributed by atoms with van der Waals surface area (Å²) >= 11 is 0. The molecule has 1 unspecified atom stereocenters. The maximum Gasteiger partial charge on any atom is 0.119 e. The van der Waals surface area contributed by atoms with Crippen LogP contribution in [0.5, 0.6) is 5.75 Å². The van der Waals surface area contributed by atoms with E-state index in [0.29, 0.717) is 0 Å². The third-order valence-electron chi connectivity index (χ3n) is 4.23. The molecule has 1 saturated carbocycles. The van der Waals surface area contributed by atoms with Crippen LogP contribution in [-0.2, 0) is 4.74 Å². The van der Waals surface area contributed by atoms with Crippen LogP contribution >= 0.6 is 0 Å². The van der Waals surface area contributed by atoms with Crippen LogP contribution in [-0.4, -0.2) is 26.8 Å². The van der Waals surface area contributed by atoms with Gasteiger partial charge in [0.2, 0.25) is 0 Å². The third-order valence-corrected chi connectivity index (χ3v) is 4.23. The number of methoxy groups -OCH3 is 1. The molecule has 0 bridgehead atoms. The van der Waals surface area contributed by atoms with Crippen molar-refractivity contribution in [2.24, 2.45) is 5.92 Å². The molecule has 1 fully saturated rings. The summed E-state index contributed by atoms with van der Waals surface area (Å²) in [5.41, 5.74) is 1.20. The quantitative estimate of drug-likeness (QED) is 0.699. The van der Waals surface area contributed by atoms with Gasteiger partial charge in [-0.05, 0) is 49.4 Å². The molecule has 0 amide bonds. The van der Waals surface area contributed by atoms with Crippen LogP contribution < -0.4 is 10.1 Å². The van der Waals surface area contributed by atoms with Gasteiger partial charge in [-0.15, -0.1) is 0 Å². The number of nitrogens with one attached hydrogen (secondary N) is 1. The van der Waals surface area contributed by atoms with Gasteiger partial charge >= 0.3 is 0 Å². The fraction of sp³-hybridized carbons (Fsp3) is 0.667. The van der Waals surface area contributed by atoms with Crippen LogP contribution in [0.1, 0.15) is 50.7 Å². The van der Waals surface area contributed by atoms with Crippen molar-refractivity contribution in [3.05, 3.63) is 29.8 Å². The molecule has 0 saturated heterocycles. The van der Waals surface area contributed by atoms with Crippen LogP contribution in [0, 0.1) is 5.92 Å². The number of hydrogen-bond acceptors (Lipinski definition) is 3. The van der Waals surface area contributed by atoms with Crippen molar-refractivity contribution in [1.82, 2.24) is 5.32 Å². The molecule has 0 spiro atoms. The molecule has 2 rings (SSSR count). The molecular weight excluding hydrogens is 262 g/mol. The van der Waals surface area contributed by atoms with Crippen molar-refractivity contribution in [1.29, 1.82) is 0 Å². The Morgan fingerprint density at radius 2 is 2.10 bits per heavy atom. The zero-order valence-corrected chi connectivity index (χ0v) is 13.4. The first-order chi connectivity index (χ1) is 10.3. The minimum absolute atomic E-state index is 0.118. The van der Waals surface area contributed by atoms with Gasteiger partial charge < -0.3 is 14.8 Å². The smallest absolute Gasteiger partial charge is 0.119 e. The number of benzene rings is 1. The highest BCUT2D eigenvalue weighted by atomic mass is 16.5. The lowest BCUT2D eigenvalue weighted by Crippen LogP contribution is -2.25. The van der Waals surface area contributed by atoms with Crippen LogP contribution in [0.4, 0.5) is 0 Å². The Bertz CT molecular complexity index is 402. The molecule has 1 atom stereocenters. The standard InChI is InChI=1S/C18H29NO2/c1-3-11-19-13-18(21-14-15-7-4-5-8-15)16-9-6-10-17(12-16)20-2/h6,9-10,12,15,18-19H,3-5,7-8,11,13-14H2,1-2H3. The Morgan fingerprint density at radius 1 is 1.29 bits per heavy atom. The molecule has 1 aliphatic rings. The first-order valence-electron chi connectivity index (χ1n) is 8.29. The number of hydrogen-bond donors (Lipinski definition) is 1. The van der Waals surface area contributed by atoms with E-state index in [9.17, 15) is 0 Å². The summed E-state index contributed by atoms with van der Waals surface area (Å²) in [6.07, 6.45) is 6.65. The second-order valence-electron chi connectivity index (χ2n) is 5.95. The van der Waals surface area contributed by atoms with Crippen molar-refractivity contribution in [3.8, 4) is 5.75 Å². The summed E-state index contributed by atoms with van der Waals surface area (Å²) < 4.78 is 11.6. The van der Waals surface area contributed by atoms with Gasteiger partial charge in [-0.2, -0.15) is 0 Å². The van der Waals surface area contributed by atoms with E-state index in [0.717, 1.165) is 37.8 Å². The van der Waals surface area contributed by atoms with Gasteiger partial charge in [0.05, 0.1) is 19.8 Å². The van der Waals surface area contributed by atoms with Crippen LogP contribution in [0.25, 0.3) is 0 Å². The number of rotatable bonds is 9. The molecule has 0 aliphatic heterocycles. The van der Waals surface area contributed by atoms with Crippen molar-refractivity contribution < 1.29 is 9.47 Å². The molecule has 1 aromatic carbocycles. The predicted molar refractivity (Wildman–Crippen MR) is 86.8 cm³/mol. The van der Waals surface area contributed by atoms with Gasteiger partial charge in [0, 0.05) is 6.54 Å². The molecule has 0 radical (unpaired) electrons. The predicted octanol–water partition coefficient (Wildman–Crippen LogP) is 3.94. The largest absolute Gasteiger partial charge is 0.497 e. The summed E-state index contributed by atoms with van der Waals surface area (Å²) in [5, 5.41) is 3.48. The SMILES string of the molecule is CCCNCC(OCC1CCCC1)c1cccc(OC)c1. The van der Waals surface area contributed by atoms with Gasteiger partial charge in [0.25, 0.3) is 0 Å². The van der Waals surface area contributed by atoms with Gasteiger partial charge in [0.1, 0.15) is 5.75 Å². The molecule has 1 N–H and O–H groups in total. The zero-order chi connectivity index (χ0) is 14.9. The van der Waals surface area contributed by atoms with Crippen molar-refractivity contribution in [2.45, 2.75) is 45.1 Å². The maximum absolute atomic E-state index is 6.24. The third kappa shape index (κ3) is 5.33. The van der Waals surface area contributed by atoms with Gasteiger partial charge in [-0.3, -0.25) is 0 Å². The van der Waals surface area contributed by atoms with E-state index in [1.807, 2.05) is 12.1 Å². The molecule has 3 heteroatoms. The minimum Gasteiger partial charge on any atom is -0.497 e. The fourth-order valence-electron chi connectivity index (χ4n) is 2.95. The Labute approximate surface area is 129 Å². The first kappa shape index (κ1) is 16.3. The Hall–Kier alpha value is -1.06. The summed E-state index contributed by atoms with van der Waals surface area (Å²) in [4.78, 5) is 0. The van der Waals surface area contributed by atoms with Crippen molar-refractivity contribution in [2.75, 3.05) is 26.8 Å². The van der Waals surface area contributed by atoms with Gasteiger partial charge in [-0.25, -0.2) is 0 Å². The summed E-state index contributed by atoms with van der Waals surface area (Å²) in [6, 6.07) is 8.25. The first-order valence-corrected chi connectivity index (χ1v) is 8.29. The lowest BCUT2D eigenvalue weighted by Gasteiger charge is -2.21. The van der Waals surface area contributed by atoms with Gasteiger partial charge in [-0.1, -0.05) is 31.9 Å². The maximum atomic E-state index is 6.24. The summed E-state index contributed by atoms with van der Waals surface area (Å²) in [6.45, 7) is 4.98. The highest BCUT2D eigenvalue weighted by molar-refractivity contribution is 5.30. The highest BCUT2D eigenvalue weighted by Gasteiger charge is 2.19. The molecular formula is C18H29NO2. The van der Waals surface area contributed by atoms with E-state index in [1.54, 1.807) is 7.11 Å². The number of ether oxygens (including phenoxy) is 2. The van der Waals surface area contributed by atoms with Crippen molar-refractivity contribution >= 4 is 0 Å². The van der Waals surface area contributed by atoms with E-state index in [-0.39, 0.29) is 6.10 Å². The average molecular weight is 291 g/mol. The molecule has 21 heavy (non-hydrogen) atoms. The molecule has 3 nitrogen and oxygen atoms in total. The highest BCUT2D eigenvalue weighted by Crippen LogP contribution is 2.28. The van der Waals surface area contributed by atoms with E-state index in [2.05, 4.69) is 24.4 Å². The molecule has 0 heterocycles. The summed E-state index contributed by atoms with van der Waals surface area (Å²) in [7, 11) is 1.71. The van der Waals surface area contributed by atoms with E-state index in [4.69, 9.17) is 9.47 Å². The molecule has 118 valence electrons. The fourth-order valence-corrected chi connectivity index (χ4v) is 2.95. The monoisotopic (exact) mass is 291 g/mol. The van der Waals surface area contributed by atoms with E-state index < -0.39 is 0 Å². The zero-order valence-electron chi connectivity index (χ0n) is 13.4. The minimum atomic E-state index is 0.118. The van der Waals surface area contributed by atoms with Gasteiger partial charge in [0.15, 0.2) is 0 Å².